The predicted molar refractivity (Wildman–Crippen MR) is 77.0 cm³/mol. The second-order valence-corrected chi connectivity index (χ2v) is 4.52. The van der Waals surface area contributed by atoms with Crippen LogP contribution in [0.2, 0.25) is 5.02 Å². The largest absolute Gasteiger partial charge is 0.472 e. The predicted octanol–water partition coefficient (Wildman–Crippen LogP) is 2.63. The maximum Gasteiger partial charge on any atom is 0.229 e. The molecular weight excluding hydrogens is 278 g/mol. The van der Waals surface area contributed by atoms with E-state index >= 15 is 0 Å². The molecule has 0 atom stereocenters. The summed E-state index contributed by atoms with van der Waals surface area (Å²) < 4.78 is 5.75. The van der Waals surface area contributed by atoms with Gasteiger partial charge in [-0.3, -0.25) is 5.10 Å². The molecule has 2 heterocycles. The molecule has 0 unspecified atom stereocenters. The molecule has 3 rings (SSSR count). The molecule has 0 bridgehead atoms. The van der Waals surface area contributed by atoms with Crippen LogP contribution in [0.25, 0.3) is 11.0 Å². The van der Waals surface area contributed by atoms with Gasteiger partial charge in [-0.05, 0) is 6.07 Å². The lowest BCUT2D eigenvalue weighted by molar-refractivity contribution is 0.298. The molecule has 20 heavy (non-hydrogen) atoms. The average Bonchev–Trinajstić information content (AvgIpc) is 2.94. The monoisotopic (exact) mass is 289 g/mol. The molecule has 6 nitrogen and oxygen atoms in total. The number of ether oxygens (including phenoxy) is 1. The van der Waals surface area contributed by atoms with Crippen molar-refractivity contribution in [1.82, 2.24) is 20.2 Å². The number of aromatic nitrogens is 4. The molecule has 3 aromatic rings. The number of rotatable bonds is 4. The number of hydrogen-bond donors (Lipinski definition) is 2. The summed E-state index contributed by atoms with van der Waals surface area (Å²) in [7, 11) is 1.75. The maximum atomic E-state index is 6.10. The number of halogens is 1. The fourth-order valence-electron chi connectivity index (χ4n) is 1.79. The van der Waals surface area contributed by atoms with Crippen molar-refractivity contribution < 1.29 is 4.74 Å². The van der Waals surface area contributed by atoms with Crippen LogP contribution in [0.3, 0.4) is 0 Å². The van der Waals surface area contributed by atoms with E-state index in [0.29, 0.717) is 29.1 Å². The van der Waals surface area contributed by atoms with E-state index < -0.39 is 0 Å². The van der Waals surface area contributed by atoms with Gasteiger partial charge < -0.3 is 10.1 Å². The van der Waals surface area contributed by atoms with Crippen LogP contribution in [0.1, 0.15) is 5.56 Å². The molecule has 2 aromatic heterocycles. The first kappa shape index (κ1) is 12.7. The summed E-state index contributed by atoms with van der Waals surface area (Å²) in [5, 5.41) is 11.0. The molecule has 1 aromatic carbocycles. The minimum Gasteiger partial charge on any atom is -0.472 e. The van der Waals surface area contributed by atoms with Gasteiger partial charge in [0.25, 0.3) is 0 Å². The van der Waals surface area contributed by atoms with E-state index in [4.69, 9.17) is 16.3 Å². The van der Waals surface area contributed by atoms with E-state index in [2.05, 4.69) is 25.5 Å². The highest BCUT2D eigenvalue weighted by atomic mass is 35.5. The standard InChI is InChI=1S/C13H12ClN5O/c1-15-13-17-11-9(6-16-19-11)12(18-13)20-7-8-4-2-3-5-10(8)14/h2-6H,7H2,1H3,(H2,15,16,17,18,19). The summed E-state index contributed by atoms with van der Waals surface area (Å²) in [5.74, 6) is 0.934. The van der Waals surface area contributed by atoms with Crippen LogP contribution < -0.4 is 10.1 Å². The molecule has 7 heteroatoms. The van der Waals surface area contributed by atoms with Crippen molar-refractivity contribution in [3.63, 3.8) is 0 Å². The van der Waals surface area contributed by atoms with Crippen molar-refractivity contribution in [2.24, 2.45) is 0 Å². The van der Waals surface area contributed by atoms with E-state index in [0.717, 1.165) is 10.9 Å². The Kier molecular flexibility index (Phi) is 3.39. The molecule has 0 saturated carbocycles. The van der Waals surface area contributed by atoms with Gasteiger partial charge in [-0.15, -0.1) is 0 Å². The highest BCUT2D eigenvalue weighted by Gasteiger charge is 2.10. The van der Waals surface area contributed by atoms with Crippen LogP contribution in [0.15, 0.2) is 30.5 Å². The van der Waals surface area contributed by atoms with Crippen molar-refractivity contribution in [2.75, 3.05) is 12.4 Å². The van der Waals surface area contributed by atoms with Crippen molar-refractivity contribution in [1.29, 1.82) is 0 Å². The SMILES string of the molecule is CNc1nc(OCc2ccccc2Cl)c2cn[nH]c2n1. The van der Waals surface area contributed by atoms with Crippen molar-refractivity contribution >= 4 is 28.6 Å². The lowest BCUT2D eigenvalue weighted by atomic mass is 10.2. The molecule has 0 saturated heterocycles. The fourth-order valence-corrected chi connectivity index (χ4v) is 1.98. The molecule has 102 valence electrons. The van der Waals surface area contributed by atoms with E-state index in [9.17, 15) is 0 Å². The second-order valence-electron chi connectivity index (χ2n) is 4.11. The lowest BCUT2D eigenvalue weighted by Gasteiger charge is -2.08. The Bertz CT molecular complexity index is 742. The Morgan fingerprint density at radius 1 is 1.30 bits per heavy atom. The summed E-state index contributed by atoms with van der Waals surface area (Å²) in [4.78, 5) is 8.53. The molecular formula is C13H12ClN5O. The van der Waals surface area contributed by atoms with Crippen LogP contribution >= 0.6 is 11.6 Å². The number of anilines is 1. The lowest BCUT2D eigenvalue weighted by Crippen LogP contribution is -2.02. The van der Waals surface area contributed by atoms with Gasteiger partial charge in [0.05, 0.1) is 6.20 Å². The van der Waals surface area contributed by atoms with Gasteiger partial charge >= 0.3 is 0 Å². The third-order valence-electron chi connectivity index (χ3n) is 2.82. The zero-order valence-electron chi connectivity index (χ0n) is 10.7. The van der Waals surface area contributed by atoms with Crippen molar-refractivity contribution in [3.05, 3.63) is 41.0 Å². The maximum absolute atomic E-state index is 6.10. The highest BCUT2D eigenvalue weighted by molar-refractivity contribution is 6.31. The van der Waals surface area contributed by atoms with Gasteiger partial charge in [0.1, 0.15) is 12.0 Å². The van der Waals surface area contributed by atoms with Crippen LogP contribution in [0.5, 0.6) is 5.88 Å². The third-order valence-corrected chi connectivity index (χ3v) is 3.19. The molecule has 2 N–H and O–H groups in total. The Morgan fingerprint density at radius 2 is 2.15 bits per heavy atom. The van der Waals surface area contributed by atoms with Crippen molar-refractivity contribution in [3.8, 4) is 5.88 Å². The summed E-state index contributed by atoms with van der Waals surface area (Å²) in [5.41, 5.74) is 1.52. The molecule has 0 aliphatic heterocycles. The summed E-state index contributed by atoms with van der Waals surface area (Å²) in [6.07, 6.45) is 1.64. The van der Waals surface area contributed by atoms with E-state index in [1.54, 1.807) is 13.2 Å². The molecule has 0 aliphatic carbocycles. The van der Waals surface area contributed by atoms with Gasteiger partial charge in [-0.1, -0.05) is 29.8 Å². The molecule has 0 fully saturated rings. The first-order chi connectivity index (χ1) is 9.78. The van der Waals surface area contributed by atoms with Crippen molar-refractivity contribution in [2.45, 2.75) is 6.61 Å². The van der Waals surface area contributed by atoms with E-state index in [1.165, 1.54) is 0 Å². The smallest absolute Gasteiger partial charge is 0.229 e. The fraction of sp³-hybridized carbons (Fsp3) is 0.154. The van der Waals surface area contributed by atoms with Gasteiger partial charge in [-0.25, -0.2) is 0 Å². The van der Waals surface area contributed by atoms with Gasteiger partial charge in [0.2, 0.25) is 11.8 Å². The number of nitrogens with one attached hydrogen (secondary N) is 2. The Labute approximate surface area is 120 Å². The first-order valence-electron chi connectivity index (χ1n) is 6.03. The minimum atomic E-state index is 0.333. The molecule has 0 spiro atoms. The number of nitrogens with zero attached hydrogens (tertiary/aromatic N) is 3. The number of benzene rings is 1. The number of fused-ring (bicyclic) bond motifs is 1. The normalized spacial score (nSPS) is 10.7. The molecule has 0 radical (unpaired) electrons. The first-order valence-corrected chi connectivity index (χ1v) is 6.41. The Hall–Kier alpha value is -2.34. The number of hydrogen-bond acceptors (Lipinski definition) is 5. The van der Waals surface area contributed by atoms with Gasteiger partial charge in [0, 0.05) is 17.6 Å². The van der Waals surface area contributed by atoms with E-state index in [1.807, 2.05) is 24.3 Å². The Balaban J connectivity index is 1.90. The van der Waals surface area contributed by atoms with Crippen LogP contribution in [-0.2, 0) is 6.61 Å². The summed E-state index contributed by atoms with van der Waals surface area (Å²) >= 11 is 6.10. The average molecular weight is 290 g/mol. The molecule has 0 amide bonds. The number of aromatic amines is 1. The summed E-state index contributed by atoms with van der Waals surface area (Å²) in [6.45, 7) is 0.333. The minimum absolute atomic E-state index is 0.333. The highest BCUT2D eigenvalue weighted by Crippen LogP contribution is 2.24. The van der Waals surface area contributed by atoms with Crippen LogP contribution in [-0.4, -0.2) is 27.2 Å². The summed E-state index contributed by atoms with van der Waals surface area (Å²) in [6, 6.07) is 7.53. The topological polar surface area (TPSA) is 75.7 Å². The molecule has 0 aliphatic rings. The quantitative estimate of drug-likeness (QED) is 0.772. The van der Waals surface area contributed by atoms with Gasteiger partial charge in [0.15, 0.2) is 5.65 Å². The zero-order chi connectivity index (χ0) is 13.9. The van der Waals surface area contributed by atoms with E-state index in [-0.39, 0.29) is 0 Å². The van der Waals surface area contributed by atoms with Crippen LogP contribution in [0, 0.1) is 0 Å². The number of H-pyrrole nitrogens is 1. The van der Waals surface area contributed by atoms with Crippen LogP contribution in [0.4, 0.5) is 5.95 Å². The third kappa shape index (κ3) is 2.37. The van der Waals surface area contributed by atoms with Gasteiger partial charge in [-0.2, -0.15) is 15.1 Å². The zero-order valence-corrected chi connectivity index (χ0v) is 11.5. The second kappa shape index (κ2) is 5.34. The Morgan fingerprint density at radius 3 is 2.95 bits per heavy atom.